The number of carbonyl (C=O) groups is 1. The molecule has 3 rings (SSSR count). The third-order valence-electron chi connectivity index (χ3n) is 4.34. The number of sulfonamides is 1. The molecule has 2 fully saturated rings. The van der Waals surface area contributed by atoms with Gasteiger partial charge in [-0.25, -0.2) is 8.42 Å². The molecule has 1 aromatic heterocycles. The number of nitrogens with zero attached hydrogens (tertiary/aromatic N) is 2. The highest BCUT2D eigenvalue weighted by atomic mass is 32.2. The van der Waals surface area contributed by atoms with E-state index in [1.807, 2.05) is 0 Å². The van der Waals surface area contributed by atoms with Gasteiger partial charge in [-0.15, -0.1) is 0 Å². The lowest BCUT2D eigenvalue weighted by molar-refractivity contribution is -0.141. The van der Waals surface area contributed by atoms with Crippen LogP contribution in [-0.2, 0) is 14.8 Å². The second-order valence-corrected chi connectivity index (χ2v) is 7.27. The van der Waals surface area contributed by atoms with Gasteiger partial charge in [0.05, 0.1) is 6.20 Å². The largest absolute Gasteiger partial charge is 0.480 e. The first-order valence-electron chi connectivity index (χ1n) is 6.77. The average Bonchev–Trinajstić information content (AvgIpc) is 3.06. The van der Waals surface area contributed by atoms with E-state index in [0.717, 1.165) is 25.7 Å². The lowest BCUT2D eigenvalue weighted by Crippen LogP contribution is -2.46. The summed E-state index contributed by atoms with van der Waals surface area (Å²) in [7, 11) is -3.83. The van der Waals surface area contributed by atoms with Crippen LogP contribution >= 0.6 is 0 Å². The van der Waals surface area contributed by atoms with Crippen LogP contribution in [0.2, 0.25) is 0 Å². The Hall–Kier alpha value is -1.41. The van der Waals surface area contributed by atoms with Crippen LogP contribution in [0.5, 0.6) is 0 Å². The summed E-state index contributed by atoms with van der Waals surface area (Å²) in [4.78, 5) is 11.4. The predicted octanol–water partition coefficient (Wildman–Crippen LogP) is 0.816. The molecule has 1 aliphatic carbocycles. The first kappa shape index (κ1) is 13.6. The summed E-state index contributed by atoms with van der Waals surface area (Å²) in [6.45, 7) is 0. The van der Waals surface area contributed by atoms with Crippen LogP contribution in [0, 0.1) is 5.92 Å². The van der Waals surface area contributed by atoms with Crippen molar-refractivity contribution in [2.75, 3.05) is 0 Å². The number of hydrogen-bond donors (Lipinski definition) is 2. The molecule has 0 amide bonds. The molecule has 0 aromatic carbocycles. The molecule has 1 saturated carbocycles. The van der Waals surface area contributed by atoms with Gasteiger partial charge in [0.2, 0.25) is 0 Å². The Morgan fingerprint density at radius 1 is 1.40 bits per heavy atom. The molecule has 2 N–H and O–H groups in total. The number of H-pyrrole nitrogens is 1. The van der Waals surface area contributed by atoms with Gasteiger partial charge in [-0.2, -0.15) is 9.40 Å². The molecule has 7 nitrogen and oxygen atoms in total. The zero-order valence-electron chi connectivity index (χ0n) is 10.9. The highest BCUT2D eigenvalue weighted by Gasteiger charge is 2.51. The number of nitrogens with one attached hydrogen (secondary N) is 1. The number of aromatic nitrogens is 2. The quantitative estimate of drug-likeness (QED) is 0.860. The number of hydrogen-bond acceptors (Lipinski definition) is 4. The molecule has 3 atom stereocenters. The van der Waals surface area contributed by atoms with Crippen LogP contribution in [0.15, 0.2) is 17.3 Å². The smallest absolute Gasteiger partial charge is 0.322 e. The van der Waals surface area contributed by atoms with Crippen molar-refractivity contribution in [3.63, 3.8) is 0 Å². The van der Waals surface area contributed by atoms with E-state index in [-0.39, 0.29) is 17.0 Å². The van der Waals surface area contributed by atoms with E-state index in [0.29, 0.717) is 6.42 Å². The van der Waals surface area contributed by atoms with E-state index >= 15 is 0 Å². The maximum absolute atomic E-state index is 12.7. The second kappa shape index (κ2) is 4.85. The van der Waals surface area contributed by atoms with Crippen molar-refractivity contribution < 1.29 is 18.3 Å². The highest BCUT2D eigenvalue weighted by molar-refractivity contribution is 7.89. The highest BCUT2D eigenvalue weighted by Crippen LogP contribution is 2.42. The van der Waals surface area contributed by atoms with Crippen molar-refractivity contribution in [2.24, 2.45) is 5.92 Å². The number of carboxylic acid groups (broad SMARTS) is 1. The summed E-state index contributed by atoms with van der Waals surface area (Å²) in [6, 6.07) is 0.208. The maximum atomic E-state index is 12.7. The molecule has 1 saturated heterocycles. The number of aliphatic carboxylic acids is 1. The minimum absolute atomic E-state index is 0.0324. The van der Waals surface area contributed by atoms with Crippen LogP contribution in [0.1, 0.15) is 32.1 Å². The van der Waals surface area contributed by atoms with Gasteiger partial charge in [0.25, 0.3) is 10.0 Å². The zero-order valence-corrected chi connectivity index (χ0v) is 11.7. The summed E-state index contributed by atoms with van der Waals surface area (Å²) in [6.07, 6.45) is 5.41. The predicted molar refractivity (Wildman–Crippen MR) is 69.4 cm³/mol. The Balaban J connectivity index is 2.01. The summed E-state index contributed by atoms with van der Waals surface area (Å²) >= 11 is 0. The molecule has 20 heavy (non-hydrogen) atoms. The molecule has 0 radical (unpaired) electrons. The summed E-state index contributed by atoms with van der Waals surface area (Å²) < 4.78 is 26.5. The summed E-state index contributed by atoms with van der Waals surface area (Å²) in [5.41, 5.74) is 0. The van der Waals surface area contributed by atoms with E-state index in [9.17, 15) is 18.3 Å². The normalized spacial score (nSPS) is 31.1. The topological polar surface area (TPSA) is 103 Å². The van der Waals surface area contributed by atoms with Crippen LogP contribution in [-0.4, -0.2) is 46.1 Å². The van der Waals surface area contributed by atoms with E-state index in [1.165, 1.54) is 16.6 Å². The molecule has 1 aromatic rings. The van der Waals surface area contributed by atoms with Gasteiger partial charge in [0.1, 0.15) is 6.04 Å². The van der Waals surface area contributed by atoms with E-state index in [4.69, 9.17) is 0 Å². The minimum atomic E-state index is -3.83. The number of fused-ring (bicyclic) bond motifs is 1. The van der Waals surface area contributed by atoms with Crippen molar-refractivity contribution in [1.29, 1.82) is 0 Å². The standard InChI is InChI=1S/C12H17N3O4S/c16-12(17)10-7-8-3-1-2-4-9(8)15(10)20(18,19)11-5-6-13-14-11/h5-6,8-10H,1-4,7H2,(H,13,14)(H,16,17). The third kappa shape index (κ3) is 2.03. The zero-order chi connectivity index (χ0) is 14.3. The minimum Gasteiger partial charge on any atom is -0.480 e. The molecule has 0 bridgehead atoms. The van der Waals surface area contributed by atoms with Gasteiger partial charge in [-0.05, 0) is 31.2 Å². The molecule has 2 heterocycles. The van der Waals surface area contributed by atoms with E-state index < -0.39 is 22.0 Å². The van der Waals surface area contributed by atoms with Crippen LogP contribution in [0.3, 0.4) is 0 Å². The lowest BCUT2D eigenvalue weighted by atomic mass is 9.85. The van der Waals surface area contributed by atoms with Crippen molar-refractivity contribution >= 4 is 16.0 Å². The monoisotopic (exact) mass is 299 g/mol. The summed E-state index contributed by atoms with van der Waals surface area (Å²) in [5.74, 6) is -0.912. The lowest BCUT2D eigenvalue weighted by Gasteiger charge is -2.31. The third-order valence-corrected chi connectivity index (χ3v) is 6.21. The Morgan fingerprint density at radius 3 is 2.80 bits per heavy atom. The van der Waals surface area contributed by atoms with E-state index in [2.05, 4.69) is 10.2 Å². The average molecular weight is 299 g/mol. The number of rotatable bonds is 3. The summed E-state index contributed by atoms with van der Waals surface area (Å²) in [5, 5.41) is 15.4. The van der Waals surface area contributed by atoms with Gasteiger partial charge in [0.15, 0.2) is 5.03 Å². The molecule has 0 spiro atoms. The number of aromatic amines is 1. The molecular weight excluding hydrogens is 282 g/mol. The Bertz CT molecular complexity index is 598. The van der Waals surface area contributed by atoms with Crippen molar-refractivity contribution in [3.05, 3.63) is 12.3 Å². The van der Waals surface area contributed by atoms with Crippen molar-refractivity contribution in [1.82, 2.24) is 14.5 Å². The van der Waals surface area contributed by atoms with Gasteiger partial charge < -0.3 is 5.11 Å². The molecular formula is C12H17N3O4S. The fraction of sp³-hybridized carbons (Fsp3) is 0.667. The first-order chi connectivity index (χ1) is 9.51. The number of carboxylic acids is 1. The fourth-order valence-corrected chi connectivity index (χ4v) is 5.25. The van der Waals surface area contributed by atoms with Gasteiger partial charge >= 0.3 is 5.97 Å². The van der Waals surface area contributed by atoms with E-state index in [1.54, 1.807) is 0 Å². The first-order valence-corrected chi connectivity index (χ1v) is 8.21. The molecule has 110 valence electrons. The van der Waals surface area contributed by atoms with Crippen molar-refractivity contribution in [3.8, 4) is 0 Å². The van der Waals surface area contributed by atoms with Gasteiger partial charge in [-0.3, -0.25) is 9.89 Å². The second-order valence-electron chi connectivity index (χ2n) is 5.46. The molecule has 1 aliphatic heterocycles. The van der Waals surface area contributed by atoms with Gasteiger partial charge in [0, 0.05) is 6.04 Å². The molecule has 2 aliphatic rings. The molecule has 3 unspecified atom stereocenters. The van der Waals surface area contributed by atoms with Crippen molar-refractivity contribution in [2.45, 2.75) is 49.2 Å². The van der Waals surface area contributed by atoms with Crippen LogP contribution < -0.4 is 0 Å². The molecule has 8 heteroatoms. The fourth-order valence-electron chi connectivity index (χ4n) is 3.48. The SMILES string of the molecule is O=C(O)C1CC2CCCCC2N1S(=O)(=O)c1ccn[nH]1. The van der Waals surface area contributed by atoms with Crippen LogP contribution in [0.25, 0.3) is 0 Å². The maximum Gasteiger partial charge on any atom is 0.322 e. The van der Waals surface area contributed by atoms with Crippen LogP contribution in [0.4, 0.5) is 0 Å². The Kier molecular flexibility index (Phi) is 3.29. The van der Waals surface area contributed by atoms with Gasteiger partial charge in [-0.1, -0.05) is 12.8 Å². The Morgan fingerprint density at radius 2 is 2.15 bits per heavy atom. The Labute approximate surface area is 117 Å².